The topological polar surface area (TPSA) is 57.6 Å². The standard InChI is InChI=1S/C14H15NO3/c1-9(2)12(16)11-8-15(14(18)13(11)17)10-6-4-3-5-7-10/h3-7,9,17H,8H2,1-2H3. The highest BCUT2D eigenvalue weighted by molar-refractivity contribution is 6.15. The molecule has 1 aromatic rings. The zero-order chi connectivity index (χ0) is 13.3. The molecule has 1 aromatic carbocycles. The number of para-hydroxylation sites is 1. The maximum Gasteiger partial charge on any atom is 0.293 e. The lowest BCUT2D eigenvalue weighted by atomic mass is 10.0. The molecule has 0 fully saturated rings. The lowest BCUT2D eigenvalue weighted by Gasteiger charge is -2.16. The van der Waals surface area contributed by atoms with Crippen LogP contribution < -0.4 is 4.90 Å². The average molecular weight is 245 g/mol. The summed E-state index contributed by atoms with van der Waals surface area (Å²) in [7, 11) is 0. The van der Waals surface area contributed by atoms with E-state index in [1.54, 1.807) is 26.0 Å². The molecule has 2 rings (SSSR count). The fraction of sp³-hybridized carbons (Fsp3) is 0.286. The normalized spacial score (nSPS) is 15.7. The molecular formula is C14H15NO3. The molecule has 0 saturated carbocycles. The number of carbonyl (C=O) groups is 2. The number of rotatable bonds is 3. The summed E-state index contributed by atoms with van der Waals surface area (Å²) in [5, 5.41) is 9.78. The van der Waals surface area contributed by atoms with Crippen LogP contribution >= 0.6 is 0 Å². The Balaban J connectivity index is 2.29. The van der Waals surface area contributed by atoms with E-state index in [0.717, 1.165) is 0 Å². The monoisotopic (exact) mass is 245 g/mol. The fourth-order valence-corrected chi connectivity index (χ4v) is 1.92. The Morgan fingerprint density at radius 1 is 1.28 bits per heavy atom. The van der Waals surface area contributed by atoms with Crippen LogP contribution in [0, 0.1) is 5.92 Å². The van der Waals surface area contributed by atoms with Gasteiger partial charge in [-0.2, -0.15) is 0 Å². The van der Waals surface area contributed by atoms with E-state index in [1.165, 1.54) is 4.90 Å². The van der Waals surface area contributed by atoms with Crippen molar-refractivity contribution in [2.75, 3.05) is 11.4 Å². The van der Waals surface area contributed by atoms with Gasteiger partial charge in [-0.25, -0.2) is 0 Å². The van der Waals surface area contributed by atoms with Crippen molar-refractivity contribution >= 4 is 17.4 Å². The smallest absolute Gasteiger partial charge is 0.293 e. The Kier molecular flexibility index (Phi) is 3.19. The van der Waals surface area contributed by atoms with Gasteiger partial charge in [-0.3, -0.25) is 9.59 Å². The first kappa shape index (κ1) is 12.4. The summed E-state index contributed by atoms with van der Waals surface area (Å²) < 4.78 is 0. The van der Waals surface area contributed by atoms with E-state index < -0.39 is 11.7 Å². The fourth-order valence-electron chi connectivity index (χ4n) is 1.92. The van der Waals surface area contributed by atoms with Crippen LogP contribution in [0.5, 0.6) is 0 Å². The largest absolute Gasteiger partial charge is 0.503 e. The van der Waals surface area contributed by atoms with E-state index in [4.69, 9.17) is 0 Å². The molecule has 0 spiro atoms. The average Bonchev–Trinajstić information content (AvgIpc) is 2.67. The van der Waals surface area contributed by atoms with E-state index in [1.807, 2.05) is 18.2 Å². The van der Waals surface area contributed by atoms with Gasteiger partial charge in [0.05, 0.1) is 12.1 Å². The molecule has 0 saturated heterocycles. The zero-order valence-corrected chi connectivity index (χ0v) is 10.4. The van der Waals surface area contributed by atoms with Crippen molar-refractivity contribution in [1.29, 1.82) is 0 Å². The number of benzene rings is 1. The van der Waals surface area contributed by atoms with Crippen LogP contribution in [0.3, 0.4) is 0 Å². The molecule has 1 aliphatic rings. The molecule has 0 bridgehead atoms. The van der Waals surface area contributed by atoms with E-state index in [0.29, 0.717) is 5.69 Å². The number of nitrogens with zero attached hydrogens (tertiary/aromatic N) is 1. The number of anilines is 1. The van der Waals surface area contributed by atoms with Crippen LogP contribution in [0.4, 0.5) is 5.69 Å². The van der Waals surface area contributed by atoms with Crippen LogP contribution in [0.2, 0.25) is 0 Å². The molecule has 0 unspecified atom stereocenters. The van der Waals surface area contributed by atoms with E-state index >= 15 is 0 Å². The van der Waals surface area contributed by atoms with Gasteiger partial charge in [0, 0.05) is 11.6 Å². The number of aliphatic hydroxyl groups excluding tert-OH is 1. The summed E-state index contributed by atoms with van der Waals surface area (Å²) in [5.41, 5.74) is 0.888. The molecular weight excluding hydrogens is 230 g/mol. The second-order valence-corrected chi connectivity index (χ2v) is 4.57. The number of Topliss-reactive ketones (excluding diaryl/α,β-unsaturated/α-hetero) is 1. The first-order valence-electron chi connectivity index (χ1n) is 5.85. The maximum atomic E-state index is 11.9. The molecule has 4 heteroatoms. The van der Waals surface area contributed by atoms with Gasteiger partial charge in [0.15, 0.2) is 11.5 Å². The third kappa shape index (κ3) is 2.01. The molecule has 1 heterocycles. The Morgan fingerprint density at radius 3 is 2.44 bits per heavy atom. The van der Waals surface area contributed by atoms with Crippen LogP contribution in [0.15, 0.2) is 41.7 Å². The maximum absolute atomic E-state index is 11.9. The highest BCUT2D eigenvalue weighted by Gasteiger charge is 2.35. The molecule has 1 amide bonds. The molecule has 1 N–H and O–H groups in total. The lowest BCUT2D eigenvalue weighted by Crippen LogP contribution is -2.27. The summed E-state index contributed by atoms with van der Waals surface area (Å²) in [4.78, 5) is 25.2. The lowest BCUT2D eigenvalue weighted by molar-refractivity contribution is -0.119. The van der Waals surface area contributed by atoms with Crippen molar-refractivity contribution in [2.24, 2.45) is 5.92 Å². The van der Waals surface area contributed by atoms with E-state index in [2.05, 4.69) is 0 Å². The van der Waals surface area contributed by atoms with E-state index in [9.17, 15) is 14.7 Å². The van der Waals surface area contributed by atoms with Gasteiger partial charge in [0.25, 0.3) is 5.91 Å². The van der Waals surface area contributed by atoms with Crippen molar-refractivity contribution in [3.63, 3.8) is 0 Å². The number of aliphatic hydroxyl groups is 1. The molecule has 0 radical (unpaired) electrons. The third-order valence-electron chi connectivity index (χ3n) is 2.94. The minimum Gasteiger partial charge on any atom is -0.503 e. The summed E-state index contributed by atoms with van der Waals surface area (Å²) in [5.74, 6) is -1.34. The Bertz CT molecular complexity index is 517. The first-order chi connectivity index (χ1) is 8.52. The molecule has 1 aliphatic heterocycles. The SMILES string of the molecule is CC(C)C(=O)C1=C(O)C(=O)N(c2ccccc2)C1. The highest BCUT2D eigenvalue weighted by Crippen LogP contribution is 2.26. The quantitative estimate of drug-likeness (QED) is 0.886. The van der Waals surface area contributed by atoms with Gasteiger partial charge in [0.1, 0.15) is 0 Å². The molecule has 0 aliphatic carbocycles. The van der Waals surface area contributed by atoms with Crippen LogP contribution in [0.1, 0.15) is 13.8 Å². The summed E-state index contributed by atoms with van der Waals surface area (Å²) in [6.07, 6.45) is 0. The second kappa shape index (κ2) is 4.64. The Labute approximate surface area is 106 Å². The summed E-state index contributed by atoms with van der Waals surface area (Å²) in [6, 6.07) is 9.00. The summed E-state index contributed by atoms with van der Waals surface area (Å²) in [6.45, 7) is 3.64. The van der Waals surface area contributed by atoms with Crippen molar-refractivity contribution in [3.05, 3.63) is 41.7 Å². The second-order valence-electron chi connectivity index (χ2n) is 4.57. The van der Waals surface area contributed by atoms with Gasteiger partial charge in [-0.1, -0.05) is 32.0 Å². The Hall–Kier alpha value is -2.10. The molecule has 0 aromatic heterocycles. The van der Waals surface area contributed by atoms with Crippen molar-refractivity contribution in [1.82, 2.24) is 0 Å². The number of hydrogen-bond donors (Lipinski definition) is 1. The molecule has 4 nitrogen and oxygen atoms in total. The number of hydrogen-bond acceptors (Lipinski definition) is 3. The van der Waals surface area contributed by atoms with E-state index in [-0.39, 0.29) is 23.8 Å². The van der Waals surface area contributed by atoms with Crippen molar-refractivity contribution in [3.8, 4) is 0 Å². The van der Waals surface area contributed by atoms with Gasteiger partial charge in [0.2, 0.25) is 0 Å². The zero-order valence-electron chi connectivity index (χ0n) is 10.4. The van der Waals surface area contributed by atoms with Gasteiger partial charge in [-0.15, -0.1) is 0 Å². The third-order valence-corrected chi connectivity index (χ3v) is 2.94. The number of carbonyl (C=O) groups excluding carboxylic acids is 2. The van der Waals surface area contributed by atoms with Crippen molar-refractivity contribution in [2.45, 2.75) is 13.8 Å². The van der Waals surface area contributed by atoms with Crippen LogP contribution in [0.25, 0.3) is 0 Å². The number of amides is 1. The first-order valence-corrected chi connectivity index (χ1v) is 5.85. The minimum atomic E-state index is -0.509. The van der Waals surface area contributed by atoms with Crippen molar-refractivity contribution < 1.29 is 14.7 Å². The highest BCUT2D eigenvalue weighted by atomic mass is 16.3. The predicted octanol–water partition coefficient (Wildman–Crippen LogP) is 2.07. The predicted molar refractivity (Wildman–Crippen MR) is 68.3 cm³/mol. The molecule has 0 atom stereocenters. The van der Waals surface area contributed by atoms with Gasteiger partial charge < -0.3 is 10.0 Å². The number of ketones is 1. The minimum absolute atomic E-state index is 0.145. The summed E-state index contributed by atoms with van der Waals surface area (Å²) >= 11 is 0. The van der Waals surface area contributed by atoms with Gasteiger partial charge >= 0.3 is 0 Å². The van der Waals surface area contributed by atoms with Crippen LogP contribution in [-0.2, 0) is 9.59 Å². The molecule has 94 valence electrons. The van der Waals surface area contributed by atoms with Gasteiger partial charge in [-0.05, 0) is 12.1 Å². The molecule has 18 heavy (non-hydrogen) atoms. The van der Waals surface area contributed by atoms with Crippen LogP contribution in [-0.4, -0.2) is 23.3 Å². The Morgan fingerprint density at radius 2 is 1.89 bits per heavy atom.